The maximum atomic E-state index is 12.3. The summed E-state index contributed by atoms with van der Waals surface area (Å²) in [4.78, 5) is 29.5. The summed E-state index contributed by atoms with van der Waals surface area (Å²) in [6.45, 7) is 9.38. The van der Waals surface area contributed by atoms with Crippen molar-refractivity contribution in [1.82, 2.24) is 24.8 Å². The van der Waals surface area contributed by atoms with Crippen molar-refractivity contribution in [3.05, 3.63) is 36.2 Å². The lowest BCUT2D eigenvalue weighted by Crippen LogP contribution is -2.37. The number of hydrogen-bond acceptors (Lipinski definition) is 8. The van der Waals surface area contributed by atoms with Crippen LogP contribution in [-0.4, -0.2) is 63.6 Å². The number of anilines is 3. The van der Waals surface area contributed by atoms with E-state index in [1.165, 1.54) is 0 Å². The van der Waals surface area contributed by atoms with E-state index >= 15 is 0 Å². The summed E-state index contributed by atoms with van der Waals surface area (Å²) in [5.41, 5.74) is 6.82. The molecule has 2 heterocycles. The zero-order valence-corrected chi connectivity index (χ0v) is 17.9. The third-order valence-corrected chi connectivity index (χ3v) is 4.95. The highest BCUT2D eigenvalue weighted by molar-refractivity contribution is 5.67. The summed E-state index contributed by atoms with van der Waals surface area (Å²) in [5.74, 6) is 1.53. The van der Waals surface area contributed by atoms with Gasteiger partial charge in [-0.3, -0.25) is 4.90 Å². The molecule has 1 aliphatic rings. The van der Waals surface area contributed by atoms with Gasteiger partial charge in [0.25, 0.3) is 0 Å². The fourth-order valence-corrected chi connectivity index (χ4v) is 3.30. The number of rotatable bonds is 6. The highest BCUT2D eigenvalue weighted by atomic mass is 16.6. The molecule has 0 aliphatic carbocycles. The molecule has 1 atom stereocenters. The van der Waals surface area contributed by atoms with E-state index in [9.17, 15) is 4.79 Å². The molecule has 1 aliphatic heterocycles. The number of carbonyl (C=O) groups excluding carboxylic acids is 1. The number of aromatic nitrogens is 3. The molecule has 0 spiro atoms. The summed E-state index contributed by atoms with van der Waals surface area (Å²) in [6, 6.07) is 9.63. The number of ether oxygens (including phenoxy) is 1. The molecule has 0 bridgehead atoms. The van der Waals surface area contributed by atoms with Crippen molar-refractivity contribution in [3.63, 3.8) is 0 Å². The fraction of sp³-hybridized carbons (Fsp3) is 0.524. The molecule has 9 nitrogen and oxygen atoms in total. The molecule has 1 aromatic heterocycles. The minimum atomic E-state index is -0.239. The summed E-state index contributed by atoms with van der Waals surface area (Å²) in [5, 5.41) is 3.17. The number of benzene rings is 1. The molecular formula is C21H31N7O2. The number of nitrogens with two attached hydrogens (primary N) is 1. The van der Waals surface area contributed by atoms with E-state index in [0.29, 0.717) is 43.9 Å². The van der Waals surface area contributed by atoms with Crippen LogP contribution < -0.4 is 11.1 Å². The minimum absolute atomic E-state index is 0.0572. The zero-order chi connectivity index (χ0) is 21.5. The molecule has 1 unspecified atom stereocenters. The summed E-state index contributed by atoms with van der Waals surface area (Å²) >= 11 is 0. The number of nitrogens with zero attached hydrogens (tertiary/aromatic N) is 5. The number of nitrogen functional groups attached to an aromatic ring is 1. The van der Waals surface area contributed by atoms with Crippen LogP contribution in [0.25, 0.3) is 0 Å². The average Bonchev–Trinajstić information content (AvgIpc) is 2.98. The number of carbonyl (C=O) groups is 1. The molecule has 162 valence electrons. The number of para-hydroxylation sites is 1. The van der Waals surface area contributed by atoms with Gasteiger partial charge in [0, 0.05) is 31.9 Å². The number of nitrogens with one attached hydrogen (secondary N) is 1. The molecule has 0 saturated carbocycles. The molecule has 1 aromatic carbocycles. The van der Waals surface area contributed by atoms with Crippen molar-refractivity contribution in [1.29, 1.82) is 0 Å². The second-order valence-corrected chi connectivity index (χ2v) is 7.89. The van der Waals surface area contributed by atoms with E-state index in [1.54, 1.807) is 4.90 Å². The van der Waals surface area contributed by atoms with Gasteiger partial charge in [-0.25, -0.2) is 4.79 Å². The SMILES string of the molecule is CC(C)COC(=O)N1CCCN(C(C)c2nc(N)nc(Nc3ccccc3)n2)CC1. The van der Waals surface area contributed by atoms with E-state index in [0.717, 1.165) is 18.7 Å². The largest absolute Gasteiger partial charge is 0.449 e. The Bertz CT molecular complexity index is 831. The molecule has 3 rings (SSSR count). The van der Waals surface area contributed by atoms with Crippen molar-refractivity contribution in [2.45, 2.75) is 33.2 Å². The van der Waals surface area contributed by atoms with Gasteiger partial charge in [-0.2, -0.15) is 15.0 Å². The Kier molecular flexibility index (Phi) is 7.40. The van der Waals surface area contributed by atoms with Crippen LogP contribution in [0.2, 0.25) is 0 Å². The molecule has 2 aromatic rings. The Morgan fingerprint density at radius 2 is 1.87 bits per heavy atom. The van der Waals surface area contributed by atoms with Crippen LogP contribution in [0.4, 0.5) is 22.4 Å². The summed E-state index contributed by atoms with van der Waals surface area (Å²) in [6.07, 6.45) is 0.619. The van der Waals surface area contributed by atoms with Crippen molar-refractivity contribution in [3.8, 4) is 0 Å². The lowest BCUT2D eigenvalue weighted by Gasteiger charge is -2.27. The van der Waals surface area contributed by atoms with Crippen molar-refractivity contribution in [2.75, 3.05) is 43.8 Å². The average molecular weight is 414 g/mol. The van der Waals surface area contributed by atoms with Crippen LogP contribution in [0.15, 0.2) is 30.3 Å². The number of amides is 1. The van der Waals surface area contributed by atoms with Gasteiger partial charge in [0.05, 0.1) is 12.6 Å². The standard InChI is InChI=1S/C21H31N7O2/c1-15(2)14-30-21(29)28-11-7-10-27(12-13-28)16(3)18-24-19(22)26-20(25-18)23-17-8-5-4-6-9-17/h4-6,8-9,15-16H,7,10-14H2,1-3H3,(H3,22,23,24,25,26). The van der Waals surface area contributed by atoms with Crippen LogP contribution in [0.3, 0.4) is 0 Å². The minimum Gasteiger partial charge on any atom is -0.449 e. The van der Waals surface area contributed by atoms with Crippen LogP contribution in [-0.2, 0) is 4.74 Å². The quantitative estimate of drug-likeness (QED) is 0.744. The fourth-order valence-electron chi connectivity index (χ4n) is 3.30. The van der Waals surface area contributed by atoms with E-state index in [-0.39, 0.29) is 18.1 Å². The highest BCUT2D eigenvalue weighted by Crippen LogP contribution is 2.21. The second-order valence-electron chi connectivity index (χ2n) is 7.89. The molecule has 9 heteroatoms. The van der Waals surface area contributed by atoms with Gasteiger partial charge < -0.3 is 20.7 Å². The van der Waals surface area contributed by atoms with Gasteiger partial charge in [-0.15, -0.1) is 0 Å². The first-order chi connectivity index (χ1) is 14.4. The molecular weight excluding hydrogens is 382 g/mol. The molecule has 1 fully saturated rings. The lowest BCUT2D eigenvalue weighted by atomic mass is 10.2. The van der Waals surface area contributed by atoms with Crippen LogP contribution in [0.1, 0.15) is 39.1 Å². The van der Waals surface area contributed by atoms with E-state index in [4.69, 9.17) is 10.5 Å². The summed E-state index contributed by atoms with van der Waals surface area (Å²) in [7, 11) is 0. The van der Waals surface area contributed by atoms with Gasteiger partial charge in [-0.05, 0) is 31.4 Å². The molecule has 1 amide bonds. The maximum Gasteiger partial charge on any atom is 0.409 e. The van der Waals surface area contributed by atoms with Gasteiger partial charge in [0.2, 0.25) is 11.9 Å². The van der Waals surface area contributed by atoms with Gasteiger partial charge >= 0.3 is 6.09 Å². The predicted molar refractivity (Wildman–Crippen MR) is 116 cm³/mol. The topological polar surface area (TPSA) is 110 Å². The third-order valence-electron chi connectivity index (χ3n) is 4.95. The van der Waals surface area contributed by atoms with Crippen LogP contribution >= 0.6 is 0 Å². The molecule has 30 heavy (non-hydrogen) atoms. The Hall–Kier alpha value is -2.94. The van der Waals surface area contributed by atoms with Gasteiger partial charge in [-0.1, -0.05) is 32.0 Å². The Labute approximate surface area is 177 Å². The van der Waals surface area contributed by atoms with Crippen LogP contribution in [0.5, 0.6) is 0 Å². The zero-order valence-electron chi connectivity index (χ0n) is 17.9. The van der Waals surface area contributed by atoms with Gasteiger partial charge in [0.15, 0.2) is 5.82 Å². The van der Waals surface area contributed by atoms with Gasteiger partial charge in [0.1, 0.15) is 0 Å². The second kappa shape index (κ2) is 10.2. The van der Waals surface area contributed by atoms with Crippen LogP contribution in [0, 0.1) is 5.92 Å². The Balaban J connectivity index is 1.64. The monoisotopic (exact) mass is 413 g/mol. The molecule has 1 saturated heterocycles. The first kappa shape index (κ1) is 21.8. The van der Waals surface area contributed by atoms with E-state index in [2.05, 4.69) is 25.2 Å². The molecule has 3 N–H and O–H groups in total. The number of hydrogen-bond donors (Lipinski definition) is 2. The van der Waals surface area contributed by atoms with Crippen molar-refractivity contribution < 1.29 is 9.53 Å². The lowest BCUT2D eigenvalue weighted by molar-refractivity contribution is 0.0923. The first-order valence-electron chi connectivity index (χ1n) is 10.4. The Morgan fingerprint density at radius 3 is 2.60 bits per heavy atom. The maximum absolute atomic E-state index is 12.3. The highest BCUT2D eigenvalue weighted by Gasteiger charge is 2.25. The van der Waals surface area contributed by atoms with Crippen molar-refractivity contribution >= 4 is 23.7 Å². The first-order valence-corrected chi connectivity index (χ1v) is 10.4. The summed E-state index contributed by atoms with van der Waals surface area (Å²) < 4.78 is 5.38. The predicted octanol–water partition coefficient (Wildman–Crippen LogP) is 3.06. The Morgan fingerprint density at radius 1 is 1.10 bits per heavy atom. The molecule has 0 radical (unpaired) electrons. The van der Waals surface area contributed by atoms with Crippen molar-refractivity contribution in [2.24, 2.45) is 5.92 Å². The van der Waals surface area contributed by atoms with E-state index < -0.39 is 0 Å². The smallest absolute Gasteiger partial charge is 0.409 e. The third kappa shape index (κ3) is 6.03. The van der Waals surface area contributed by atoms with E-state index in [1.807, 2.05) is 51.1 Å². The normalized spacial score (nSPS) is 16.2.